The minimum absolute atomic E-state index is 0.368. The van der Waals surface area contributed by atoms with Crippen molar-refractivity contribution in [3.8, 4) is 0 Å². The number of carbonyl (C=O) groups is 1. The predicted octanol–water partition coefficient (Wildman–Crippen LogP) is 0.517. The van der Waals surface area contributed by atoms with Crippen LogP contribution in [-0.4, -0.2) is 34.7 Å². The Balaban J connectivity index is 1.73. The summed E-state index contributed by atoms with van der Waals surface area (Å²) < 4.78 is 9.23. The number of nitrogens with zero attached hydrogens (tertiary/aromatic N) is 2. The van der Waals surface area contributed by atoms with E-state index in [2.05, 4.69) is 29.7 Å². The molecular formula is C11H14N4O3. The minimum atomic E-state index is -0.368. The van der Waals surface area contributed by atoms with Gasteiger partial charge in [-0.05, 0) is 12.1 Å². The molecule has 0 fully saturated rings. The number of H-pyrrole nitrogens is 1. The molecule has 0 aliphatic rings. The predicted molar refractivity (Wildman–Crippen MR) is 61.8 cm³/mol. The summed E-state index contributed by atoms with van der Waals surface area (Å²) >= 11 is 0. The third-order valence-electron chi connectivity index (χ3n) is 2.40. The van der Waals surface area contributed by atoms with Crippen LogP contribution in [0.1, 0.15) is 22.0 Å². The van der Waals surface area contributed by atoms with Crippen molar-refractivity contribution in [1.29, 1.82) is 0 Å². The lowest BCUT2D eigenvalue weighted by molar-refractivity contribution is 0.0594. The molecule has 0 spiro atoms. The summed E-state index contributed by atoms with van der Waals surface area (Å²) in [7, 11) is 1.35. The van der Waals surface area contributed by atoms with Gasteiger partial charge in [-0.1, -0.05) is 5.16 Å². The maximum atomic E-state index is 11.2. The highest BCUT2D eigenvalue weighted by Crippen LogP contribution is 2.03. The average molecular weight is 250 g/mol. The second kappa shape index (κ2) is 5.97. The van der Waals surface area contributed by atoms with Crippen molar-refractivity contribution in [3.63, 3.8) is 0 Å². The number of methoxy groups -OCH3 is 1. The van der Waals surface area contributed by atoms with Crippen LogP contribution in [0.5, 0.6) is 0 Å². The third kappa shape index (κ3) is 3.17. The van der Waals surface area contributed by atoms with Crippen LogP contribution < -0.4 is 5.32 Å². The number of ether oxygens (including phenoxy) is 1. The van der Waals surface area contributed by atoms with E-state index in [1.165, 1.54) is 13.5 Å². The fraction of sp³-hybridized carbons (Fsp3) is 0.364. The van der Waals surface area contributed by atoms with Crippen LogP contribution >= 0.6 is 0 Å². The van der Waals surface area contributed by atoms with Crippen LogP contribution in [0, 0.1) is 0 Å². The zero-order chi connectivity index (χ0) is 12.8. The molecule has 2 aromatic rings. The van der Waals surface area contributed by atoms with Gasteiger partial charge in [0.05, 0.1) is 7.11 Å². The number of carbonyl (C=O) groups excluding carboxylic acids is 1. The number of hydrogen-bond acceptors (Lipinski definition) is 6. The van der Waals surface area contributed by atoms with Crippen molar-refractivity contribution in [2.24, 2.45) is 0 Å². The van der Waals surface area contributed by atoms with E-state index < -0.39 is 0 Å². The number of hydrogen-bond donors (Lipinski definition) is 2. The maximum Gasteiger partial charge on any atom is 0.354 e. The Labute approximate surface area is 104 Å². The Morgan fingerprint density at radius 2 is 2.44 bits per heavy atom. The largest absolute Gasteiger partial charge is 0.464 e. The quantitative estimate of drug-likeness (QED) is 0.573. The van der Waals surface area contributed by atoms with Gasteiger partial charge in [0.15, 0.2) is 5.82 Å². The molecule has 2 heterocycles. The minimum Gasteiger partial charge on any atom is -0.464 e. The standard InChI is InChI=1S/C11H14N4O3/c1-17-11(16)9-3-2-8(14-9)6-12-5-4-10-13-7-18-15-10/h2-3,7,12,14H,4-6H2,1H3. The monoisotopic (exact) mass is 250 g/mol. The van der Waals surface area contributed by atoms with E-state index in [0.29, 0.717) is 24.5 Å². The highest BCUT2D eigenvalue weighted by atomic mass is 16.5. The Bertz CT molecular complexity index is 492. The molecule has 0 saturated carbocycles. The smallest absolute Gasteiger partial charge is 0.354 e. The van der Waals surface area contributed by atoms with E-state index in [4.69, 9.17) is 0 Å². The zero-order valence-electron chi connectivity index (χ0n) is 9.97. The van der Waals surface area contributed by atoms with Crippen molar-refractivity contribution < 1.29 is 14.1 Å². The summed E-state index contributed by atoms with van der Waals surface area (Å²) in [5, 5.41) is 6.91. The Hall–Kier alpha value is -2.15. The lowest BCUT2D eigenvalue weighted by Crippen LogP contribution is -2.17. The van der Waals surface area contributed by atoms with Crippen molar-refractivity contribution >= 4 is 5.97 Å². The van der Waals surface area contributed by atoms with Crippen LogP contribution in [0.3, 0.4) is 0 Å². The highest BCUT2D eigenvalue weighted by Gasteiger charge is 2.07. The fourth-order valence-corrected chi connectivity index (χ4v) is 1.50. The first kappa shape index (κ1) is 12.3. The van der Waals surface area contributed by atoms with E-state index >= 15 is 0 Å². The van der Waals surface area contributed by atoms with Crippen molar-refractivity contribution in [1.82, 2.24) is 20.4 Å². The van der Waals surface area contributed by atoms with Gasteiger partial charge in [0.1, 0.15) is 5.69 Å². The van der Waals surface area contributed by atoms with E-state index in [1.807, 2.05) is 6.07 Å². The van der Waals surface area contributed by atoms with Crippen molar-refractivity contribution in [3.05, 3.63) is 35.7 Å². The molecule has 0 saturated heterocycles. The van der Waals surface area contributed by atoms with Gasteiger partial charge < -0.3 is 19.6 Å². The van der Waals surface area contributed by atoms with Gasteiger partial charge in [-0.15, -0.1) is 0 Å². The van der Waals surface area contributed by atoms with E-state index in [1.54, 1.807) is 6.07 Å². The third-order valence-corrected chi connectivity index (χ3v) is 2.40. The second-order valence-electron chi connectivity index (χ2n) is 3.66. The summed E-state index contributed by atoms with van der Waals surface area (Å²) in [6.45, 7) is 1.36. The molecule has 2 aromatic heterocycles. The summed E-state index contributed by atoms with van der Waals surface area (Å²) in [5.74, 6) is 0.303. The molecule has 0 bridgehead atoms. The molecule has 0 atom stereocenters. The normalized spacial score (nSPS) is 10.5. The number of aromatic amines is 1. The molecule has 0 aromatic carbocycles. The SMILES string of the molecule is COC(=O)c1ccc(CNCCc2ncon2)[nH]1. The first-order valence-electron chi connectivity index (χ1n) is 5.52. The number of rotatable bonds is 6. The Kier molecular flexibility index (Phi) is 4.08. The van der Waals surface area contributed by atoms with E-state index in [9.17, 15) is 4.79 Å². The van der Waals surface area contributed by atoms with Gasteiger partial charge in [-0.25, -0.2) is 4.79 Å². The van der Waals surface area contributed by atoms with Gasteiger partial charge in [-0.3, -0.25) is 0 Å². The highest BCUT2D eigenvalue weighted by molar-refractivity contribution is 5.87. The molecular weight excluding hydrogens is 236 g/mol. The zero-order valence-corrected chi connectivity index (χ0v) is 9.97. The number of nitrogens with one attached hydrogen (secondary N) is 2. The molecule has 0 aliphatic heterocycles. The summed E-state index contributed by atoms with van der Waals surface area (Å²) in [6.07, 6.45) is 2.00. The Morgan fingerprint density at radius 3 is 3.17 bits per heavy atom. The summed E-state index contributed by atoms with van der Waals surface area (Å²) in [4.78, 5) is 18.1. The van der Waals surface area contributed by atoms with Gasteiger partial charge in [0.25, 0.3) is 0 Å². The number of aromatic nitrogens is 3. The topological polar surface area (TPSA) is 93.0 Å². The molecule has 0 radical (unpaired) electrons. The summed E-state index contributed by atoms with van der Waals surface area (Å²) in [5.41, 5.74) is 1.37. The Morgan fingerprint density at radius 1 is 1.56 bits per heavy atom. The van der Waals surface area contributed by atoms with E-state index in [0.717, 1.165) is 12.2 Å². The molecule has 96 valence electrons. The maximum absolute atomic E-state index is 11.2. The molecule has 2 rings (SSSR count). The van der Waals surface area contributed by atoms with Gasteiger partial charge >= 0.3 is 5.97 Å². The molecule has 0 aliphatic carbocycles. The second-order valence-corrected chi connectivity index (χ2v) is 3.66. The van der Waals surface area contributed by atoms with Crippen LogP contribution in [0.4, 0.5) is 0 Å². The van der Waals surface area contributed by atoms with Gasteiger partial charge in [0, 0.05) is 25.2 Å². The van der Waals surface area contributed by atoms with Crippen molar-refractivity contribution in [2.75, 3.05) is 13.7 Å². The number of esters is 1. The molecule has 0 amide bonds. The van der Waals surface area contributed by atoms with Crippen molar-refractivity contribution in [2.45, 2.75) is 13.0 Å². The van der Waals surface area contributed by atoms with E-state index in [-0.39, 0.29) is 5.97 Å². The van der Waals surface area contributed by atoms with Gasteiger partial charge in [-0.2, -0.15) is 4.98 Å². The lowest BCUT2D eigenvalue weighted by atomic mass is 10.4. The van der Waals surface area contributed by atoms with Gasteiger partial charge in [0.2, 0.25) is 6.39 Å². The lowest BCUT2D eigenvalue weighted by Gasteiger charge is -2.00. The first-order valence-corrected chi connectivity index (χ1v) is 5.52. The van der Waals surface area contributed by atoms with Crippen LogP contribution in [0.15, 0.2) is 23.0 Å². The van der Waals surface area contributed by atoms with Crippen LogP contribution in [0.2, 0.25) is 0 Å². The molecule has 18 heavy (non-hydrogen) atoms. The molecule has 2 N–H and O–H groups in total. The summed E-state index contributed by atoms with van der Waals surface area (Å²) in [6, 6.07) is 3.54. The molecule has 7 nitrogen and oxygen atoms in total. The fourth-order valence-electron chi connectivity index (χ4n) is 1.50. The van der Waals surface area contributed by atoms with Crippen LogP contribution in [-0.2, 0) is 17.7 Å². The molecule has 0 unspecified atom stereocenters. The molecule has 7 heteroatoms. The van der Waals surface area contributed by atoms with Crippen LogP contribution in [0.25, 0.3) is 0 Å². The first-order chi connectivity index (χ1) is 8.79. The average Bonchev–Trinajstić information content (AvgIpc) is 3.05.